The van der Waals surface area contributed by atoms with Crippen molar-refractivity contribution >= 4 is 41.6 Å². The zero-order valence-electron chi connectivity index (χ0n) is 16.3. The maximum absolute atomic E-state index is 12.9. The second kappa shape index (κ2) is 10.4. The Hall–Kier alpha value is -1.40. The van der Waals surface area contributed by atoms with Crippen molar-refractivity contribution in [3.05, 3.63) is 41.6 Å². The predicted molar refractivity (Wildman–Crippen MR) is 118 cm³/mol. The average Bonchev–Trinajstić information content (AvgIpc) is 3.18. The average molecular weight is 425 g/mol. The molecule has 2 aliphatic heterocycles. The monoisotopic (exact) mass is 424 g/mol. The van der Waals surface area contributed by atoms with Gasteiger partial charge in [-0.15, -0.1) is 24.8 Å². The van der Waals surface area contributed by atoms with Crippen LogP contribution in [-0.4, -0.2) is 47.5 Å². The summed E-state index contributed by atoms with van der Waals surface area (Å²) in [6, 6.07) is 8.84. The number of amides is 1. The van der Waals surface area contributed by atoms with Crippen LogP contribution in [-0.2, 0) is 11.3 Å². The molecule has 2 fully saturated rings. The number of nitrogens with zero attached hydrogens (tertiary/aromatic N) is 2. The maximum atomic E-state index is 12.9. The summed E-state index contributed by atoms with van der Waals surface area (Å²) in [7, 11) is 0. The lowest BCUT2D eigenvalue weighted by Gasteiger charge is -2.35. The number of benzene rings is 1. The number of carbonyl (C=O) groups is 1. The summed E-state index contributed by atoms with van der Waals surface area (Å²) >= 11 is 0. The van der Waals surface area contributed by atoms with Crippen LogP contribution in [0.4, 0.5) is 0 Å². The predicted octanol–water partition coefficient (Wildman–Crippen LogP) is 3.22. The smallest absolute Gasteiger partial charge is 0.237 e. The Morgan fingerprint density at radius 3 is 2.79 bits per heavy atom. The molecule has 0 bridgehead atoms. The van der Waals surface area contributed by atoms with E-state index in [2.05, 4.69) is 45.6 Å². The van der Waals surface area contributed by atoms with E-state index in [4.69, 9.17) is 0 Å². The molecular weight excluding hydrogens is 395 g/mol. The lowest BCUT2D eigenvalue weighted by atomic mass is 10.0. The quantitative estimate of drug-likeness (QED) is 0.790. The second-order valence-electron chi connectivity index (χ2n) is 7.54. The molecule has 4 rings (SSSR count). The third kappa shape index (κ3) is 4.77. The van der Waals surface area contributed by atoms with Crippen LogP contribution in [0.15, 0.2) is 30.5 Å². The van der Waals surface area contributed by atoms with Crippen LogP contribution < -0.4 is 10.6 Å². The first-order valence-electron chi connectivity index (χ1n) is 9.81. The van der Waals surface area contributed by atoms with Crippen LogP contribution >= 0.6 is 24.8 Å². The number of aryl methyl sites for hydroxylation is 1. The highest BCUT2D eigenvalue weighted by Crippen LogP contribution is 2.25. The van der Waals surface area contributed by atoms with Crippen molar-refractivity contribution in [1.29, 1.82) is 0 Å². The number of halogens is 2. The lowest BCUT2D eigenvalue weighted by molar-refractivity contribution is -0.126. The molecule has 7 heteroatoms. The van der Waals surface area contributed by atoms with Crippen molar-refractivity contribution in [2.75, 3.05) is 19.6 Å². The van der Waals surface area contributed by atoms with Gasteiger partial charge in [0.2, 0.25) is 5.91 Å². The maximum Gasteiger partial charge on any atom is 0.237 e. The molecule has 1 aromatic heterocycles. The topological polar surface area (TPSA) is 57.3 Å². The minimum absolute atomic E-state index is 0. The van der Waals surface area contributed by atoms with Gasteiger partial charge in [-0.2, -0.15) is 0 Å². The number of hydrogen-bond donors (Lipinski definition) is 2. The minimum atomic E-state index is 0. The molecule has 0 spiro atoms. The third-order valence-electron chi connectivity index (χ3n) is 5.89. The van der Waals surface area contributed by atoms with Gasteiger partial charge in [0, 0.05) is 24.2 Å². The number of aromatic nitrogens is 1. The molecule has 3 heterocycles. The molecule has 1 amide bonds. The molecule has 0 saturated carbocycles. The van der Waals surface area contributed by atoms with Crippen LogP contribution in [0.25, 0.3) is 10.9 Å². The van der Waals surface area contributed by atoms with E-state index < -0.39 is 0 Å². The Balaban J connectivity index is 0.00000140. The fourth-order valence-electron chi connectivity index (χ4n) is 4.47. The van der Waals surface area contributed by atoms with E-state index in [1.165, 1.54) is 5.56 Å². The van der Waals surface area contributed by atoms with Crippen LogP contribution in [0.5, 0.6) is 0 Å². The summed E-state index contributed by atoms with van der Waals surface area (Å²) in [5.41, 5.74) is 3.33. The van der Waals surface area contributed by atoms with Gasteiger partial charge in [0.05, 0.1) is 11.6 Å². The molecule has 2 aromatic rings. The van der Waals surface area contributed by atoms with E-state index in [9.17, 15) is 4.79 Å². The second-order valence-corrected chi connectivity index (χ2v) is 7.54. The standard InChI is InChI=1S/C21H28N4O.2ClH/c1-15-6-7-16(18-4-2-10-23-20(15)18)14-24-21(26)19-5-3-13-25(19)17-8-11-22-12-9-17;;/h2,4,6-7,10,17,19,22H,3,5,8-9,11-14H2,1H3,(H,24,26);2*1H/t19-;;/m0../s1. The Morgan fingerprint density at radius 2 is 2.00 bits per heavy atom. The van der Waals surface area contributed by atoms with Gasteiger partial charge in [-0.1, -0.05) is 18.2 Å². The van der Waals surface area contributed by atoms with Gasteiger partial charge >= 0.3 is 0 Å². The first-order valence-corrected chi connectivity index (χ1v) is 9.81. The normalized spacial score (nSPS) is 20.4. The molecule has 28 heavy (non-hydrogen) atoms. The molecule has 2 N–H and O–H groups in total. The molecule has 154 valence electrons. The molecule has 2 saturated heterocycles. The first-order chi connectivity index (χ1) is 12.7. The number of fused-ring (bicyclic) bond motifs is 1. The summed E-state index contributed by atoms with van der Waals surface area (Å²) in [5, 5.41) is 7.75. The van der Waals surface area contributed by atoms with Crippen LogP contribution in [0.1, 0.15) is 36.8 Å². The van der Waals surface area contributed by atoms with Crippen molar-refractivity contribution in [2.24, 2.45) is 0 Å². The van der Waals surface area contributed by atoms with Crippen molar-refractivity contribution in [2.45, 2.75) is 51.2 Å². The zero-order valence-corrected chi connectivity index (χ0v) is 18.0. The highest BCUT2D eigenvalue weighted by Gasteiger charge is 2.35. The molecule has 1 aromatic carbocycles. The summed E-state index contributed by atoms with van der Waals surface area (Å²) < 4.78 is 0. The Kier molecular flexibility index (Phi) is 8.50. The number of likely N-dealkylation sites (tertiary alicyclic amines) is 1. The molecule has 0 aliphatic carbocycles. The van der Waals surface area contributed by atoms with E-state index in [0.717, 1.165) is 61.8 Å². The number of nitrogens with one attached hydrogen (secondary N) is 2. The lowest BCUT2D eigenvalue weighted by Crippen LogP contribution is -2.50. The zero-order chi connectivity index (χ0) is 17.9. The van der Waals surface area contributed by atoms with E-state index in [1.807, 2.05) is 12.3 Å². The van der Waals surface area contributed by atoms with Crippen LogP contribution in [0.3, 0.4) is 0 Å². The van der Waals surface area contributed by atoms with E-state index >= 15 is 0 Å². The molecule has 0 unspecified atom stereocenters. The summed E-state index contributed by atoms with van der Waals surface area (Å²) in [4.78, 5) is 19.8. The van der Waals surface area contributed by atoms with Crippen LogP contribution in [0.2, 0.25) is 0 Å². The molecular formula is C21H30Cl2N4O. The van der Waals surface area contributed by atoms with Gasteiger partial charge in [0.1, 0.15) is 0 Å². The van der Waals surface area contributed by atoms with Gasteiger partial charge in [-0.3, -0.25) is 14.7 Å². The summed E-state index contributed by atoms with van der Waals surface area (Å²) in [5.74, 6) is 0.179. The van der Waals surface area contributed by atoms with Gasteiger partial charge in [-0.05, 0) is 69.4 Å². The van der Waals surface area contributed by atoms with E-state index in [-0.39, 0.29) is 36.8 Å². The number of pyridine rings is 1. The fraction of sp³-hybridized carbons (Fsp3) is 0.524. The molecule has 2 aliphatic rings. The van der Waals surface area contributed by atoms with Gasteiger partial charge in [0.15, 0.2) is 0 Å². The van der Waals surface area contributed by atoms with Crippen molar-refractivity contribution in [3.8, 4) is 0 Å². The third-order valence-corrected chi connectivity index (χ3v) is 5.89. The molecule has 1 atom stereocenters. The number of piperidine rings is 1. The van der Waals surface area contributed by atoms with Crippen molar-refractivity contribution in [3.63, 3.8) is 0 Å². The minimum Gasteiger partial charge on any atom is -0.351 e. The fourth-order valence-corrected chi connectivity index (χ4v) is 4.47. The van der Waals surface area contributed by atoms with Gasteiger partial charge < -0.3 is 10.6 Å². The Bertz CT molecular complexity index is 795. The SMILES string of the molecule is Cc1ccc(CNC(=O)[C@@H]2CCCN2C2CCNCC2)c2cccnc12.Cl.Cl. The summed E-state index contributed by atoms with van der Waals surface area (Å²) in [6.07, 6.45) is 6.23. The number of carbonyl (C=O) groups excluding carboxylic acids is 1. The van der Waals surface area contributed by atoms with Crippen molar-refractivity contribution in [1.82, 2.24) is 20.5 Å². The highest BCUT2D eigenvalue weighted by molar-refractivity contribution is 5.86. The van der Waals surface area contributed by atoms with Crippen LogP contribution in [0, 0.1) is 6.92 Å². The van der Waals surface area contributed by atoms with Gasteiger partial charge in [0.25, 0.3) is 0 Å². The number of rotatable bonds is 4. The highest BCUT2D eigenvalue weighted by atomic mass is 35.5. The first kappa shape index (κ1) is 22.9. The summed E-state index contributed by atoms with van der Waals surface area (Å²) in [6.45, 7) is 5.83. The van der Waals surface area contributed by atoms with Crippen molar-refractivity contribution < 1.29 is 4.79 Å². The molecule has 0 radical (unpaired) electrons. The Labute approximate surface area is 179 Å². The molecule has 5 nitrogen and oxygen atoms in total. The van der Waals surface area contributed by atoms with Gasteiger partial charge in [-0.25, -0.2) is 0 Å². The largest absolute Gasteiger partial charge is 0.351 e. The Morgan fingerprint density at radius 1 is 1.21 bits per heavy atom. The number of hydrogen-bond acceptors (Lipinski definition) is 4. The van der Waals surface area contributed by atoms with E-state index in [0.29, 0.717) is 12.6 Å². The van der Waals surface area contributed by atoms with E-state index in [1.54, 1.807) is 0 Å².